The van der Waals surface area contributed by atoms with Crippen LogP contribution in [0.5, 0.6) is 0 Å². The number of ketones is 1. The average Bonchev–Trinajstić information content (AvgIpc) is 2.98. The van der Waals surface area contributed by atoms with Crippen LogP contribution in [0.1, 0.15) is 23.2 Å². The molecule has 0 amide bonds. The number of rotatable bonds is 4. The molecule has 1 aliphatic rings. The van der Waals surface area contributed by atoms with Gasteiger partial charge in [-0.05, 0) is 18.9 Å². The Hall–Kier alpha value is -0.730. The van der Waals surface area contributed by atoms with Crippen LogP contribution in [0.25, 0.3) is 0 Å². The molecular formula is C11H11Cl2NO. The number of hydrogen-bond donors (Lipinski definition) is 0. The van der Waals surface area contributed by atoms with Gasteiger partial charge in [0, 0.05) is 34.4 Å². The van der Waals surface area contributed by atoms with Gasteiger partial charge in [-0.2, -0.15) is 0 Å². The number of nitrogens with zero attached hydrogens (tertiary/aromatic N) is 1. The lowest BCUT2D eigenvalue weighted by atomic mass is 10.1. The topological polar surface area (TPSA) is 22.0 Å². The first-order valence-corrected chi connectivity index (χ1v) is 5.67. The Morgan fingerprint density at radius 2 is 2.33 bits per heavy atom. The highest BCUT2D eigenvalue weighted by atomic mass is 35.5. The zero-order valence-electron chi connectivity index (χ0n) is 8.12. The first-order chi connectivity index (χ1) is 7.20. The summed E-state index contributed by atoms with van der Waals surface area (Å²) in [6.45, 7) is 0.517. The highest BCUT2D eigenvalue weighted by molar-refractivity contribution is 6.36. The molecular weight excluding hydrogens is 233 g/mol. The summed E-state index contributed by atoms with van der Waals surface area (Å²) in [5.41, 5.74) is 2.11. The molecule has 0 unspecified atom stereocenters. The highest BCUT2D eigenvalue weighted by Crippen LogP contribution is 2.32. The van der Waals surface area contributed by atoms with E-state index in [0.717, 1.165) is 18.4 Å². The van der Waals surface area contributed by atoms with Crippen molar-refractivity contribution < 1.29 is 4.79 Å². The van der Waals surface area contributed by atoms with Gasteiger partial charge in [0.15, 0.2) is 5.78 Å². The van der Waals surface area contributed by atoms with Crippen molar-refractivity contribution in [3.8, 4) is 0 Å². The number of Topliss-reactive ketones (excluding diaryl/α,β-unsaturated/α-hetero) is 1. The molecule has 0 N–H and O–H groups in total. The predicted octanol–water partition coefficient (Wildman–Crippen LogP) is 3.40. The maximum Gasteiger partial charge on any atom is 0.167 e. The van der Waals surface area contributed by atoms with E-state index in [0.29, 0.717) is 11.6 Å². The standard InChI is InChI=1S/C11H11Cl2NO/c12-5-10(13)7-14-4-3-9(6-14)11(15)8-1-2-8/h3-6,8H,1-2,7H2. The van der Waals surface area contributed by atoms with Crippen molar-refractivity contribution in [1.29, 1.82) is 0 Å². The monoisotopic (exact) mass is 243 g/mol. The molecule has 0 saturated heterocycles. The van der Waals surface area contributed by atoms with E-state index in [1.54, 1.807) is 0 Å². The number of halogens is 2. The SMILES string of the molecule is O=C(c1ccn(CC(Cl)=CCl)c1)C1CC1. The molecule has 0 spiro atoms. The minimum Gasteiger partial charge on any atom is -0.348 e. The van der Waals surface area contributed by atoms with Crippen molar-refractivity contribution in [2.75, 3.05) is 0 Å². The lowest BCUT2D eigenvalue weighted by molar-refractivity contribution is 0.0967. The molecule has 2 nitrogen and oxygen atoms in total. The second-order valence-corrected chi connectivity index (χ2v) is 4.47. The summed E-state index contributed by atoms with van der Waals surface area (Å²) in [6, 6.07) is 1.83. The molecule has 0 atom stereocenters. The largest absolute Gasteiger partial charge is 0.348 e. The van der Waals surface area contributed by atoms with E-state index in [9.17, 15) is 4.79 Å². The molecule has 0 radical (unpaired) electrons. The summed E-state index contributed by atoms with van der Waals surface area (Å²) in [5, 5.41) is 0.553. The molecule has 4 heteroatoms. The Bertz CT molecular complexity index is 404. The summed E-state index contributed by atoms with van der Waals surface area (Å²) >= 11 is 11.2. The Morgan fingerprint density at radius 3 is 2.93 bits per heavy atom. The Kier molecular flexibility index (Phi) is 3.17. The van der Waals surface area contributed by atoms with Crippen LogP contribution < -0.4 is 0 Å². The third-order valence-electron chi connectivity index (χ3n) is 2.44. The van der Waals surface area contributed by atoms with Crippen molar-refractivity contribution in [1.82, 2.24) is 4.57 Å². The van der Waals surface area contributed by atoms with Crippen LogP contribution in [0.3, 0.4) is 0 Å². The first-order valence-electron chi connectivity index (χ1n) is 4.85. The summed E-state index contributed by atoms with van der Waals surface area (Å²) in [4.78, 5) is 11.7. The van der Waals surface area contributed by atoms with Crippen LogP contribution in [0.2, 0.25) is 0 Å². The summed E-state index contributed by atoms with van der Waals surface area (Å²) in [7, 11) is 0. The van der Waals surface area contributed by atoms with Gasteiger partial charge in [0.25, 0.3) is 0 Å². The van der Waals surface area contributed by atoms with Crippen molar-refractivity contribution >= 4 is 29.0 Å². The quantitative estimate of drug-likeness (QED) is 0.744. The van der Waals surface area contributed by atoms with E-state index in [2.05, 4.69) is 0 Å². The first kappa shape index (κ1) is 10.8. The lowest BCUT2D eigenvalue weighted by Gasteiger charge is -1.99. The summed E-state index contributed by atoms with van der Waals surface area (Å²) in [5.74, 6) is 0.514. The molecule has 0 bridgehead atoms. The predicted molar refractivity (Wildman–Crippen MR) is 61.3 cm³/mol. The van der Waals surface area contributed by atoms with Crippen LogP contribution in [-0.4, -0.2) is 10.4 Å². The van der Waals surface area contributed by atoms with Crippen LogP contribution in [0.4, 0.5) is 0 Å². The highest BCUT2D eigenvalue weighted by Gasteiger charge is 2.30. The molecule has 80 valence electrons. The van der Waals surface area contributed by atoms with Gasteiger partial charge in [-0.1, -0.05) is 23.2 Å². The van der Waals surface area contributed by atoms with Gasteiger partial charge in [0.2, 0.25) is 0 Å². The van der Waals surface area contributed by atoms with Crippen molar-refractivity contribution in [2.45, 2.75) is 19.4 Å². The van der Waals surface area contributed by atoms with Gasteiger partial charge < -0.3 is 4.57 Å². The zero-order chi connectivity index (χ0) is 10.8. The van der Waals surface area contributed by atoms with E-state index in [1.807, 2.05) is 23.0 Å². The average molecular weight is 244 g/mol. The van der Waals surface area contributed by atoms with E-state index < -0.39 is 0 Å². The molecule has 0 aromatic carbocycles. The normalized spacial score (nSPS) is 16.8. The van der Waals surface area contributed by atoms with E-state index in [1.165, 1.54) is 5.54 Å². The third-order valence-corrected chi connectivity index (χ3v) is 3.04. The van der Waals surface area contributed by atoms with Gasteiger partial charge in [-0.25, -0.2) is 0 Å². The fraction of sp³-hybridized carbons (Fsp3) is 0.364. The van der Waals surface area contributed by atoms with Gasteiger partial charge in [-0.3, -0.25) is 4.79 Å². The van der Waals surface area contributed by atoms with Crippen LogP contribution in [-0.2, 0) is 6.54 Å². The van der Waals surface area contributed by atoms with E-state index >= 15 is 0 Å². The molecule has 2 rings (SSSR count). The number of carbonyl (C=O) groups is 1. The minimum absolute atomic E-state index is 0.250. The Balaban J connectivity index is 2.06. The van der Waals surface area contributed by atoms with Crippen molar-refractivity contribution in [2.24, 2.45) is 5.92 Å². The second kappa shape index (κ2) is 4.42. The van der Waals surface area contributed by atoms with E-state index in [-0.39, 0.29) is 11.7 Å². The van der Waals surface area contributed by atoms with Crippen LogP contribution >= 0.6 is 23.2 Å². The Labute approximate surface area is 98.5 Å². The lowest BCUT2D eigenvalue weighted by Crippen LogP contribution is -2.00. The number of allylic oxidation sites excluding steroid dienone is 1. The van der Waals surface area contributed by atoms with Gasteiger partial charge >= 0.3 is 0 Å². The van der Waals surface area contributed by atoms with Gasteiger partial charge in [0.05, 0.1) is 6.54 Å². The molecule has 1 fully saturated rings. The number of aromatic nitrogens is 1. The molecule has 0 aliphatic heterocycles. The third kappa shape index (κ3) is 2.64. The van der Waals surface area contributed by atoms with Gasteiger partial charge in [0.1, 0.15) is 0 Å². The smallest absolute Gasteiger partial charge is 0.167 e. The molecule has 1 aromatic rings. The Morgan fingerprint density at radius 1 is 1.60 bits per heavy atom. The molecule has 1 heterocycles. The minimum atomic E-state index is 0.250. The van der Waals surface area contributed by atoms with Crippen molar-refractivity contribution in [3.05, 3.63) is 34.6 Å². The number of carbonyl (C=O) groups excluding carboxylic acids is 1. The van der Waals surface area contributed by atoms with Crippen LogP contribution in [0.15, 0.2) is 29.0 Å². The molecule has 1 aliphatic carbocycles. The second-order valence-electron chi connectivity index (χ2n) is 3.77. The molecule has 15 heavy (non-hydrogen) atoms. The maximum absolute atomic E-state index is 11.7. The van der Waals surface area contributed by atoms with Gasteiger partial charge in [-0.15, -0.1) is 0 Å². The van der Waals surface area contributed by atoms with Crippen molar-refractivity contribution in [3.63, 3.8) is 0 Å². The fourth-order valence-electron chi connectivity index (χ4n) is 1.47. The summed E-state index contributed by atoms with van der Waals surface area (Å²) in [6.07, 6.45) is 5.74. The maximum atomic E-state index is 11.7. The van der Waals surface area contributed by atoms with E-state index in [4.69, 9.17) is 23.2 Å². The fourth-order valence-corrected chi connectivity index (χ4v) is 1.68. The molecule has 1 aromatic heterocycles. The summed E-state index contributed by atoms with van der Waals surface area (Å²) < 4.78 is 1.86. The zero-order valence-corrected chi connectivity index (χ0v) is 9.63. The molecule has 1 saturated carbocycles. The van der Waals surface area contributed by atoms with Crippen LogP contribution in [0, 0.1) is 5.92 Å². The number of hydrogen-bond acceptors (Lipinski definition) is 1.